The van der Waals surface area contributed by atoms with Crippen LogP contribution in [0.2, 0.25) is 0 Å². The van der Waals surface area contributed by atoms with Gasteiger partial charge in [0.05, 0.1) is 28.4 Å². The van der Waals surface area contributed by atoms with Crippen LogP contribution < -0.4 is 29.8 Å². The molecule has 0 amide bonds. The molecule has 0 saturated carbocycles. The van der Waals surface area contributed by atoms with Crippen LogP contribution in [0.4, 0.5) is 0 Å². The number of rotatable bonds is 9. The van der Waals surface area contributed by atoms with Crippen LogP contribution in [-0.4, -0.2) is 28.4 Å². The molecule has 2 rings (SSSR count). The Kier molecular flexibility index (Phi) is 6.72. The summed E-state index contributed by atoms with van der Waals surface area (Å²) in [5.41, 5.74) is 8.44. The van der Waals surface area contributed by atoms with Crippen LogP contribution in [0.15, 0.2) is 36.4 Å². The molecule has 6 heteroatoms. The largest absolute Gasteiger partial charge is 0.497 e. The molecule has 130 valence electrons. The van der Waals surface area contributed by atoms with Crippen molar-refractivity contribution in [3.05, 3.63) is 47.5 Å². The molecule has 2 aromatic rings. The number of hydrazine groups is 1. The lowest BCUT2D eigenvalue weighted by Gasteiger charge is -2.14. The molecule has 0 fully saturated rings. The van der Waals surface area contributed by atoms with Crippen molar-refractivity contribution in [3.8, 4) is 23.0 Å². The summed E-state index contributed by atoms with van der Waals surface area (Å²) in [4.78, 5) is 0. The SMILES string of the molecule is COc1ccc(CNNCc2ccc(OC)cc2OC)c(OC)c1. The van der Waals surface area contributed by atoms with Gasteiger partial charge in [0.25, 0.3) is 0 Å². The van der Waals surface area contributed by atoms with Crippen molar-refractivity contribution in [2.24, 2.45) is 0 Å². The lowest BCUT2D eigenvalue weighted by atomic mass is 10.2. The van der Waals surface area contributed by atoms with E-state index in [9.17, 15) is 0 Å². The van der Waals surface area contributed by atoms with Crippen molar-refractivity contribution < 1.29 is 18.9 Å². The standard InChI is InChI=1S/C18H24N2O4/c1-21-15-7-5-13(17(9-15)23-3)11-19-20-12-14-6-8-16(22-2)10-18(14)24-4/h5-10,19-20H,11-12H2,1-4H3. The summed E-state index contributed by atoms with van der Waals surface area (Å²) in [5, 5.41) is 0. The molecular formula is C18H24N2O4. The average Bonchev–Trinajstić information content (AvgIpc) is 2.65. The topological polar surface area (TPSA) is 61.0 Å². The van der Waals surface area contributed by atoms with Gasteiger partial charge < -0.3 is 18.9 Å². The second-order valence-electron chi connectivity index (χ2n) is 5.06. The molecule has 0 radical (unpaired) electrons. The van der Waals surface area contributed by atoms with E-state index in [1.807, 2.05) is 36.4 Å². The first kappa shape index (κ1) is 17.9. The Morgan fingerprint density at radius 2 is 1.04 bits per heavy atom. The van der Waals surface area contributed by atoms with Crippen LogP contribution in [0.25, 0.3) is 0 Å². The first-order chi connectivity index (χ1) is 11.7. The minimum absolute atomic E-state index is 0.617. The molecule has 0 saturated heterocycles. The van der Waals surface area contributed by atoms with Gasteiger partial charge in [-0.05, 0) is 12.1 Å². The predicted molar refractivity (Wildman–Crippen MR) is 92.8 cm³/mol. The van der Waals surface area contributed by atoms with Gasteiger partial charge in [0.1, 0.15) is 23.0 Å². The van der Waals surface area contributed by atoms with Crippen molar-refractivity contribution in [1.29, 1.82) is 0 Å². The van der Waals surface area contributed by atoms with Gasteiger partial charge in [-0.3, -0.25) is 10.9 Å². The maximum atomic E-state index is 5.38. The normalized spacial score (nSPS) is 10.3. The molecule has 0 unspecified atom stereocenters. The summed E-state index contributed by atoms with van der Waals surface area (Å²) in [6.45, 7) is 1.23. The van der Waals surface area contributed by atoms with Gasteiger partial charge in [-0.1, -0.05) is 12.1 Å². The summed E-state index contributed by atoms with van der Waals surface area (Å²) >= 11 is 0. The van der Waals surface area contributed by atoms with Crippen molar-refractivity contribution in [2.75, 3.05) is 28.4 Å². The van der Waals surface area contributed by atoms with Crippen LogP contribution in [0.3, 0.4) is 0 Å². The van der Waals surface area contributed by atoms with Crippen molar-refractivity contribution in [1.82, 2.24) is 10.9 Å². The maximum Gasteiger partial charge on any atom is 0.127 e. The lowest BCUT2D eigenvalue weighted by molar-refractivity contribution is 0.384. The Bertz CT molecular complexity index is 604. The first-order valence-corrected chi connectivity index (χ1v) is 7.59. The average molecular weight is 332 g/mol. The highest BCUT2D eigenvalue weighted by Crippen LogP contribution is 2.25. The number of hydrogen-bond acceptors (Lipinski definition) is 6. The van der Waals surface area contributed by atoms with Gasteiger partial charge in [-0.2, -0.15) is 0 Å². The fourth-order valence-electron chi connectivity index (χ4n) is 2.31. The third-order valence-corrected chi connectivity index (χ3v) is 3.67. The number of ether oxygens (including phenoxy) is 4. The van der Waals surface area contributed by atoms with E-state index in [1.165, 1.54) is 0 Å². The number of nitrogens with one attached hydrogen (secondary N) is 2. The zero-order chi connectivity index (χ0) is 17.4. The molecule has 6 nitrogen and oxygen atoms in total. The Morgan fingerprint density at radius 1 is 0.625 bits per heavy atom. The Morgan fingerprint density at radius 3 is 1.38 bits per heavy atom. The zero-order valence-electron chi connectivity index (χ0n) is 14.5. The summed E-state index contributed by atoms with van der Waals surface area (Å²) < 4.78 is 21.2. The van der Waals surface area contributed by atoms with Crippen LogP contribution >= 0.6 is 0 Å². The second-order valence-corrected chi connectivity index (χ2v) is 5.06. The highest BCUT2D eigenvalue weighted by atomic mass is 16.5. The van der Waals surface area contributed by atoms with Gasteiger partial charge in [-0.25, -0.2) is 0 Å². The van der Waals surface area contributed by atoms with Crippen LogP contribution in [0.1, 0.15) is 11.1 Å². The molecule has 2 N–H and O–H groups in total. The Balaban J connectivity index is 1.91. The molecule has 0 aromatic heterocycles. The molecule has 0 spiro atoms. The van der Waals surface area contributed by atoms with E-state index in [1.54, 1.807) is 28.4 Å². The van der Waals surface area contributed by atoms with Crippen LogP contribution in [0.5, 0.6) is 23.0 Å². The molecule has 0 bridgehead atoms. The smallest absolute Gasteiger partial charge is 0.127 e. The highest BCUT2D eigenvalue weighted by Gasteiger charge is 2.06. The molecule has 0 aliphatic rings. The van der Waals surface area contributed by atoms with Gasteiger partial charge in [-0.15, -0.1) is 0 Å². The Labute approximate surface area is 142 Å². The van der Waals surface area contributed by atoms with E-state index >= 15 is 0 Å². The van der Waals surface area contributed by atoms with E-state index in [0.717, 1.165) is 34.1 Å². The molecule has 0 heterocycles. The van der Waals surface area contributed by atoms with Crippen LogP contribution in [0, 0.1) is 0 Å². The quantitative estimate of drug-likeness (QED) is 0.543. The molecule has 2 aromatic carbocycles. The highest BCUT2D eigenvalue weighted by molar-refractivity contribution is 5.41. The van der Waals surface area contributed by atoms with E-state index in [0.29, 0.717) is 13.1 Å². The van der Waals surface area contributed by atoms with Crippen molar-refractivity contribution in [3.63, 3.8) is 0 Å². The molecule has 0 atom stereocenters. The number of benzene rings is 2. The third-order valence-electron chi connectivity index (χ3n) is 3.67. The van der Waals surface area contributed by atoms with E-state index in [2.05, 4.69) is 10.9 Å². The minimum atomic E-state index is 0.617. The van der Waals surface area contributed by atoms with Gasteiger partial charge in [0.2, 0.25) is 0 Å². The zero-order valence-corrected chi connectivity index (χ0v) is 14.5. The van der Waals surface area contributed by atoms with Gasteiger partial charge >= 0.3 is 0 Å². The molecular weight excluding hydrogens is 308 g/mol. The summed E-state index contributed by atoms with van der Waals surface area (Å²) in [5.74, 6) is 3.11. The van der Waals surface area contributed by atoms with Crippen molar-refractivity contribution in [2.45, 2.75) is 13.1 Å². The second kappa shape index (κ2) is 9.00. The lowest BCUT2D eigenvalue weighted by Crippen LogP contribution is -2.30. The van der Waals surface area contributed by atoms with Crippen LogP contribution in [-0.2, 0) is 13.1 Å². The number of hydrogen-bond donors (Lipinski definition) is 2. The molecule has 0 aliphatic carbocycles. The predicted octanol–water partition coefficient (Wildman–Crippen LogP) is 2.52. The Hall–Kier alpha value is -2.44. The fourth-order valence-corrected chi connectivity index (χ4v) is 2.31. The van der Waals surface area contributed by atoms with E-state index in [-0.39, 0.29) is 0 Å². The van der Waals surface area contributed by atoms with E-state index in [4.69, 9.17) is 18.9 Å². The summed E-state index contributed by atoms with van der Waals surface area (Å²) in [6, 6.07) is 11.5. The molecule has 24 heavy (non-hydrogen) atoms. The molecule has 0 aliphatic heterocycles. The van der Waals surface area contributed by atoms with E-state index < -0.39 is 0 Å². The maximum absolute atomic E-state index is 5.38. The first-order valence-electron chi connectivity index (χ1n) is 7.59. The van der Waals surface area contributed by atoms with Gasteiger partial charge in [0, 0.05) is 36.3 Å². The minimum Gasteiger partial charge on any atom is -0.497 e. The van der Waals surface area contributed by atoms with Crippen molar-refractivity contribution >= 4 is 0 Å². The van der Waals surface area contributed by atoms with Gasteiger partial charge in [0.15, 0.2) is 0 Å². The fraction of sp³-hybridized carbons (Fsp3) is 0.333. The summed E-state index contributed by atoms with van der Waals surface area (Å²) in [7, 11) is 6.56. The third kappa shape index (κ3) is 4.53. The monoisotopic (exact) mass is 332 g/mol. The number of methoxy groups -OCH3 is 4. The summed E-state index contributed by atoms with van der Waals surface area (Å²) in [6.07, 6.45) is 0.